The maximum atomic E-state index is 4.62. The van der Waals surface area contributed by atoms with E-state index in [1.807, 2.05) is 11.8 Å². The summed E-state index contributed by atoms with van der Waals surface area (Å²) in [6, 6.07) is 4.64. The Hall–Kier alpha value is -0.480. The highest BCUT2D eigenvalue weighted by atomic mass is 32.2. The number of hydrogen-bond acceptors (Lipinski definition) is 4. The van der Waals surface area contributed by atoms with E-state index in [0.29, 0.717) is 16.7 Å². The highest BCUT2D eigenvalue weighted by Crippen LogP contribution is 2.32. The number of nitrogens with one attached hydrogen (secondary N) is 1. The maximum Gasteiger partial charge on any atom is 0.157 e. The molecule has 4 heteroatoms. The monoisotopic (exact) mass is 282 g/mol. The number of thiophene rings is 1. The summed E-state index contributed by atoms with van der Waals surface area (Å²) in [4.78, 5) is 6.00. The number of rotatable bonds is 3. The summed E-state index contributed by atoms with van der Waals surface area (Å²) in [5, 5.41) is 7.40. The van der Waals surface area contributed by atoms with Crippen LogP contribution in [0.3, 0.4) is 0 Å². The van der Waals surface area contributed by atoms with E-state index in [9.17, 15) is 0 Å². The van der Waals surface area contributed by atoms with Gasteiger partial charge in [-0.25, -0.2) is 0 Å². The second-order valence-corrected chi connectivity index (χ2v) is 8.30. The van der Waals surface area contributed by atoms with E-state index in [1.165, 1.54) is 11.3 Å². The minimum atomic E-state index is 0.365. The molecule has 0 saturated heterocycles. The van der Waals surface area contributed by atoms with Gasteiger partial charge in [-0.3, -0.25) is 4.99 Å². The van der Waals surface area contributed by atoms with Crippen LogP contribution in [-0.2, 0) is 0 Å². The van der Waals surface area contributed by atoms with Crippen molar-refractivity contribution in [3.05, 3.63) is 22.4 Å². The minimum Gasteiger partial charge on any atom is -0.358 e. The van der Waals surface area contributed by atoms with Crippen molar-refractivity contribution in [3.63, 3.8) is 0 Å². The fraction of sp³-hybridized carbons (Fsp3) is 0.643. The molecule has 2 atom stereocenters. The third kappa shape index (κ3) is 4.02. The summed E-state index contributed by atoms with van der Waals surface area (Å²) in [6.07, 6.45) is 1.22. The molecule has 0 radical (unpaired) electrons. The summed E-state index contributed by atoms with van der Waals surface area (Å²) in [5.41, 5.74) is 0.391. The lowest BCUT2D eigenvalue weighted by Crippen LogP contribution is -2.23. The SMILES string of the molecule is CC(NC1=NCC(CC(C)(C)C)S1)c1cccs1. The summed E-state index contributed by atoms with van der Waals surface area (Å²) in [5.74, 6) is 0. The van der Waals surface area contributed by atoms with Crippen LogP contribution in [0.25, 0.3) is 0 Å². The third-order valence-corrected chi connectivity index (χ3v) is 5.04. The van der Waals surface area contributed by atoms with Crippen LogP contribution < -0.4 is 5.32 Å². The number of thioether (sulfide) groups is 1. The molecule has 0 fully saturated rings. The molecule has 0 amide bonds. The Labute approximate surface area is 118 Å². The Bertz CT molecular complexity index is 404. The molecule has 1 aliphatic heterocycles. The molecule has 2 unspecified atom stereocenters. The maximum absolute atomic E-state index is 4.62. The predicted octanol–water partition coefficient (Wildman–Crippen LogP) is 4.31. The van der Waals surface area contributed by atoms with Gasteiger partial charge in [-0.05, 0) is 30.2 Å². The van der Waals surface area contributed by atoms with E-state index in [0.717, 1.165) is 11.7 Å². The molecule has 1 aromatic heterocycles. The predicted molar refractivity (Wildman–Crippen MR) is 83.6 cm³/mol. The van der Waals surface area contributed by atoms with Gasteiger partial charge in [0.15, 0.2) is 5.17 Å². The first-order valence-corrected chi connectivity index (χ1v) is 8.21. The first-order chi connectivity index (χ1) is 8.44. The summed E-state index contributed by atoms with van der Waals surface area (Å²) < 4.78 is 0. The molecule has 0 aromatic carbocycles. The van der Waals surface area contributed by atoms with Gasteiger partial charge < -0.3 is 5.32 Å². The van der Waals surface area contributed by atoms with E-state index in [1.54, 1.807) is 11.3 Å². The number of hydrogen-bond donors (Lipinski definition) is 1. The van der Waals surface area contributed by atoms with Gasteiger partial charge in [-0.2, -0.15) is 0 Å². The summed E-state index contributed by atoms with van der Waals surface area (Å²) in [6.45, 7) is 10.1. The third-order valence-electron chi connectivity index (χ3n) is 2.87. The van der Waals surface area contributed by atoms with Crippen molar-refractivity contribution in [2.24, 2.45) is 10.4 Å². The molecule has 0 spiro atoms. The molecule has 0 aliphatic carbocycles. The van der Waals surface area contributed by atoms with Crippen LogP contribution in [-0.4, -0.2) is 17.0 Å². The first kappa shape index (κ1) is 13.9. The van der Waals surface area contributed by atoms with Crippen molar-refractivity contribution in [1.29, 1.82) is 0 Å². The normalized spacial score (nSPS) is 21.8. The molecule has 0 bridgehead atoms. The Morgan fingerprint density at radius 2 is 2.28 bits per heavy atom. The second-order valence-electron chi connectivity index (χ2n) is 6.03. The molecule has 1 aromatic rings. The number of aliphatic imine (C=N–C) groups is 1. The molecule has 0 saturated carbocycles. The van der Waals surface area contributed by atoms with Crippen molar-refractivity contribution in [2.75, 3.05) is 6.54 Å². The van der Waals surface area contributed by atoms with Crippen LogP contribution >= 0.6 is 23.1 Å². The summed E-state index contributed by atoms with van der Waals surface area (Å²) >= 11 is 3.71. The minimum absolute atomic E-state index is 0.365. The lowest BCUT2D eigenvalue weighted by atomic mass is 9.90. The standard InChI is InChI=1S/C14H22N2S2/c1-10(12-6-5-7-17-12)16-13-15-9-11(18-13)8-14(2,3)4/h5-7,10-11H,8-9H2,1-4H3,(H,15,16). The van der Waals surface area contributed by atoms with E-state index < -0.39 is 0 Å². The average molecular weight is 282 g/mol. The fourth-order valence-electron chi connectivity index (χ4n) is 2.08. The lowest BCUT2D eigenvalue weighted by molar-refractivity contribution is 0.375. The van der Waals surface area contributed by atoms with Gasteiger partial charge in [-0.15, -0.1) is 11.3 Å². The van der Waals surface area contributed by atoms with Crippen LogP contribution in [0, 0.1) is 5.41 Å². The Kier molecular flexibility index (Phi) is 4.38. The van der Waals surface area contributed by atoms with Gasteiger partial charge in [0, 0.05) is 10.1 Å². The van der Waals surface area contributed by atoms with Crippen molar-refractivity contribution in [3.8, 4) is 0 Å². The zero-order valence-electron chi connectivity index (χ0n) is 11.6. The first-order valence-electron chi connectivity index (χ1n) is 6.45. The Balaban J connectivity index is 1.82. The van der Waals surface area contributed by atoms with Gasteiger partial charge in [0.1, 0.15) is 0 Å². The van der Waals surface area contributed by atoms with Crippen LogP contribution in [0.4, 0.5) is 0 Å². The van der Waals surface area contributed by atoms with Gasteiger partial charge in [-0.1, -0.05) is 38.6 Å². The van der Waals surface area contributed by atoms with Gasteiger partial charge in [0.05, 0.1) is 12.6 Å². The van der Waals surface area contributed by atoms with Crippen molar-refractivity contribution in [2.45, 2.75) is 45.4 Å². The van der Waals surface area contributed by atoms with E-state index >= 15 is 0 Å². The lowest BCUT2D eigenvalue weighted by Gasteiger charge is -2.22. The molecule has 100 valence electrons. The topological polar surface area (TPSA) is 24.4 Å². The Morgan fingerprint density at radius 1 is 1.50 bits per heavy atom. The molecule has 2 heterocycles. The van der Waals surface area contributed by atoms with Gasteiger partial charge in [0.2, 0.25) is 0 Å². The van der Waals surface area contributed by atoms with Crippen LogP contribution in [0.1, 0.15) is 45.0 Å². The zero-order valence-corrected chi connectivity index (χ0v) is 13.2. The second kappa shape index (κ2) is 5.66. The van der Waals surface area contributed by atoms with Gasteiger partial charge in [0.25, 0.3) is 0 Å². The van der Waals surface area contributed by atoms with Gasteiger partial charge >= 0.3 is 0 Å². The van der Waals surface area contributed by atoms with Crippen molar-refractivity contribution < 1.29 is 0 Å². The fourth-order valence-corrected chi connectivity index (χ4v) is 4.26. The molecule has 18 heavy (non-hydrogen) atoms. The van der Waals surface area contributed by atoms with E-state index in [4.69, 9.17) is 0 Å². The van der Waals surface area contributed by atoms with Crippen LogP contribution in [0.5, 0.6) is 0 Å². The van der Waals surface area contributed by atoms with E-state index in [-0.39, 0.29) is 0 Å². The van der Waals surface area contributed by atoms with Crippen molar-refractivity contribution in [1.82, 2.24) is 5.32 Å². The molecule has 2 nitrogen and oxygen atoms in total. The molecular weight excluding hydrogens is 260 g/mol. The average Bonchev–Trinajstić information content (AvgIpc) is 2.86. The van der Waals surface area contributed by atoms with Crippen molar-refractivity contribution >= 4 is 28.3 Å². The van der Waals surface area contributed by atoms with E-state index in [2.05, 4.69) is 55.5 Å². The molecule has 1 N–H and O–H groups in total. The van der Waals surface area contributed by atoms with Crippen LogP contribution in [0.15, 0.2) is 22.5 Å². The van der Waals surface area contributed by atoms with Crippen LogP contribution in [0.2, 0.25) is 0 Å². The Morgan fingerprint density at radius 3 is 2.89 bits per heavy atom. The zero-order chi connectivity index (χ0) is 13.2. The molecule has 1 aliphatic rings. The number of amidine groups is 1. The quantitative estimate of drug-likeness (QED) is 0.893. The smallest absolute Gasteiger partial charge is 0.157 e. The highest BCUT2D eigenvalue weighted by molar-refractivity contribution is 8.14. The highest BCUT2D eigenvalue weighted by Gasteiger charge is 2.25. The largest absolute Gasteiger partial charge is 0.358 e. The summed E-state index contributed by atoms with van der Waals surface area (Å²) in [7, 11) is 0. The number of nitrogens with zero attached hydrogens (tertiary/aromatic N) is 1. The molecule has 2 rings (SSSR count). The molecular formula is C14H22N2S2.